The number of hydrogen-bond acceptors (Lipinski definition) is 5. The van der Waals surface area contributed by atoms with Gasteiger partial charge < -0.3 is 14.8 Å². The average molecular weight is 400 g/mol. The topological polar surface area (TPSA) is 82.5 Å². The Hall–Kier alpha value is -3.32. The molecule has 0 atom stereocenters. The van der Waals surface area contributed by atoms with Crippen molar-refractivity contribution in [2.45, 2.75) is 6.54 Å². The average Bonchev–Trinajstić information content (AvgIpc) is 2.70. The van der Waals surface area contributed by atoms with E-state index in [2.05, 4.69) is 10.4 Å². The van der Waals surface area contributed by atoms with Crippen molar-refractivity contribution in [3.8, 4) is 22.8 Å². The Kier molecular flexibility index (Phi) is 5.96. The van der Waals surface area contributed by atoms with Crippen molar-refractivity contribution >= 4 is 23.2 Å². The summed E-state index contributed by atoms with van der Waals surface area (Å²) in [6, 6.07) is 15.0. The summed E-state index contributed by atoms with van der Waals surface area (Å²) in [5.41, 5.74) is 1.46. The van der Waals surface area contributed by atoms with Gasteiger partial charge in [0.2, 0.25) is 5.91 Å². The molecule has 28 heavy (non-hydrogen) atoms. The third-order valence-corrected chi connectivity index (χ3v) is 4.19. The molecule has 3 aromatic rings. The van der Waals surface area contributed by atoms with E-state index in [1.807, 2.05) is 0 Å². The molecule has 3 rings (SSSR count). The van der Waals surface area contributed by atoms with Gasteiger partial charge in [-0.1, -0.05) is 23.7 Å². The first-order valence-electron chi connectivity index (χ1n) is 8.35. The summed E-state index contributed by atoms with van der Waals surface area (Å²) in [5.74, 6) is 0.669. The molecular weight excluding hydrogens is 382 g/mol. The maximum atomic E-state index is 12.4. The van der Waals surface area contributed by atoms with Gasteiger partial charge in [0.1, 0.15) is 18.0 Å². The summed E-state index contributed by atoms with van der Waals surface area (Å²) in [5, 5.41) is 7.59. The van der Waals surface area contributed by atoms with E-state index in [4.69, 9.17) is 21.1 Å². The van der Waals surface area contributed by atoms with Gasteiger partial charge in [-0.05, 0) is 18.2 Å². The Morgan fingerprint density at radius 2 is 1.68 bits per heavy atom. The van der Waals surface area contributed by atoms with Gasteiger partial charge in [-0.25, -0.2) is 4.68 Å². The lowest BCUT2D eigenvalue weighted by Gasteiger charge is -2.11. The highest BCUT2D eigenvalue weighted by Gasteiger charge is 2.10. The number of nitrogens with zero attached hydrogens (tertiary/aromatic N) is 2. The molecule has 144 valence electrons. The number of methoxy groups -OCH3 is 2. The fourth-order valence-electron chi connectivity index (χ4n) is 2.55. The number of hydrogen-bond donors (Lipinski definition) is 1. The molecule has 1 aromatic heterocycles. The van der Waals surface area contributed by atoms with Crippen LogP contribution in [0.1, 0.15) is 0 Å². The summed E-state index contributed by atoms with van der Waals surface area (Å²) in [4.78, 5) is 24.5. The molecule has 1 amide bonds. The molecule has 7 nitrogen and oxygen atoms in total. The van der Waals surface area contributed by atoms with Crippen LogP contribution in [0.25, 0.3) is 11.3 Å². The van der Waals surface area contributed by atoms with E-state index >= 15 is 0 Å². The van der Waals surface area contributed by atoms with Crippen LogP contribution >= 0.6 is 11.6 Å². The van der Waals surface area contributed by atoms with E-state index in [0.717, 1.165) is 10.2 Å². The zero-order valence-electron chi connectivity index (χ0n) is 15.3. The van der Waals surface area contributed by atoms with Crippen LogP contribution in [0.2, 0.25) is 5.02 Å². The number of amides is 1. The molecule has 0 aliphatic rings. The van der Waals surface area contributed by atoms with Crippen LogP contribution < -0.4 is 20.3 Å². The molecule has 0 bridgehead atoms. The van der Waals surface area contributed by atoms with Gasteiger partial charge >= 0.3 is 0 Å². The minimum absolute atomic E-state index is 0.236. The lowest BCUT2D eigenvalue weighted by Crippen LogP contribution is -2.29. The van der Waals surface area contributed by atoms with Gasteiger partial charge in [0, 0.05) is 40.5 Å². The maximum absolute atomic E-state index is 12.4. The number of ether oxygens (including phenoxy) is 2. The number of halogens is 1. The van der Waals surface area contributed by atoms with Crippen LogP contribution in [0.4, 0.5) is 5.69 Å². The van der Waals surface area contributed by atoms with Crippen molar-refractivity contribution in [2.75, 3.05) is 19.5 Å². The van der Waals surface area contributed by atoms with Crippen LogP contribution in [0.3, 0.4) is 0 Å². The van der Waals surface area contributed by atoms with Gasteiger partial charge in [0.05, 0.1) is 19.9 Å². The summed E-state index contributed by atoms with van der Waals surface area (Å²) in [6.45, 7) is -0.236. The molecule has 0 aliphatic heterocycles. The minimum Gasteiger partial charge on any atom is -0.497 e. The largest absolute Gasteiger partial charge is 0.497 e. The fraction of sp³-hybridized carbons (Fsp3) is 0.150. The van der Waals surface area contributed by atoms with Gasteiger partial charge in [0.25, 0.3) is 5.56 Å². The normalized spacial score (nSPS) is 10.4. The van der Waals surface area contributed by atoms with Crippen molar-refractivity contribution < 1.29 is 14.3 Å². The van der Waals surface area contributed by atoms with Crippen LogP contribution in [0.5, 0.6) is 11.5 Å². The van der Waals surface area contributed by atoms with Crippen molar-refractivity contribution in [3.63, 3.8) is 0 Å². The number of carbonyl (C=O) groups excluding carboxylic acids is 1. The summed E-state index contributed by atoms with van der Waals surface area (Å²) in [7, 11) is 3.04. The van der Waals surface area contributed by atoms with E-state index in [0.29, 0.717) is 27.9 Å². The number of anilines is 1. The maximum Gasteiger partial charge on any atom is 0.267 e. The Balaban J connectivity index is 1.79. The predicted molar refractivity (Wildman–Crippen MR) is 107 cm³/mol. The highest BCUT2D eigenvalue weighted by molar-refractivity contribution is 6.30. The van der Waals surface area contributed by atoms with Crippen molar-refractivity contribution in [3.05, 3.63) is 70.0 Å². The van der Waals surface area contributed by atoms with Crippen LogP contribution in [0, 0.1) is 0 Å². The van der Waals surface area contributed by atoms with E-state index in [9.17, 15) is 9.59 Å². The Bertz CT molecular complexity index is 1030. The molecule has 0 unspecified atom stereocenters. The summed E-state index contributed by atoms with van der Waals surface area (Å²) >= 11 is 5.90. The quantitative estimate of drug-likeness (QED) is 0.688. The molecular formula is C20H18ClN3O4. The fourth-order valence-corrected chi connectivity index (χ4v) is 2.68. The number of aromatic nitrogens is 2. The molecule has 0 saturated heterocycles. The first-order chi connectivity index (χ1) is 13.5. The lowest BCUT2D eigenvalue weighted by molar-refractivity contribution is -0.117. The number of carbonyl (C=O) groups is 1. The highest BCUT2D eigenvalue weighted by atomic mass is 35.5. The molecule has 0 saturated carbocycles. The zero-order valence-corrected chi connectivity index (χ0v) is 16.1. The van der Waals surface area contributed by atoms with Gasteiger partial charge in [-0.15, -0.1) is 0 Å². The monoisotopic (exact) mass is 399 g/mol. The molecule has 0 aliphatic carbocycles. The predicted octanol–water partition coefficient (Wildman–Crippen LogP) is 3.22. The molecule has 0 spiro atoms. The van der Waals surface area contributed by atoms with Crippen LogP contribution in [-0.4, -0.2) is 29.9 Å². The van der Waals surface area contributed by atoms with Crippen molar-refractivity contribution in [1.29, 1.82) is 0 Å². The lowest BCUT2D eigenvalue weighted by atomic mass is 10.1. The second kappa shape index (κ2) is 8.58. The molecule has 1 N–H and O–H groups in total. The van der Waals surface area contributed by atoms with Gasteiger partial charge in [-0.2, -0.15) is 5.10 Å². The Labute approximate surface area is 166 Å². The molecule has 1 heterocycles. The number of nitrogens with one attached hydrogen (secondary N) is 1. The van der Waals surface area contributed by atoms with Gasteiger partial charge in [0.15, 0.2) is 0 Å². The first-order valence-corrected chi connectivity index (χ1v) is 8.73. The zero-order chi connectivity index (χ0) is 20.1. The SMILES string of the molecule is COc1cc(NC(=O)Cn2nc(-c3ccc(Cl)cc3)ccc2=O)cc(OC)c1. The highest BCUT2D eigenvalue weighted by Crippen LogP contribution is 2.25. The van der Waals surface area contributed by atoms with Gasteiger partial charge in [-0.3, -0.25) is 9.59 Å². The Morgan fingerprint density at radius 3 is 2.29 bits per heavy atom. The standard InChI is InChI=1S/C20H18ClN3O4/c1-27-16-9-15(10-17(11-16)28-2)22-19(25)12-24-20(26)8-7-18(23-24)13-3-5-14(21)6-4-13/h3-11H,12H2,1-2H3,(H,22,25). The van der Waals surface area contributed by atoms with Crippen LogP contribution in [0.15, 0.2) is 59.4 Å². The molecule has 8 heteroatoms. The summed E-state index contributed by atoms with van der Waals surface area (Å²) in [6.07, 6.45) is 0. The van der Waals surface area contributed by atoms with E-state index in [-0.39, 0.29) is 12.1 Å². The first kappa shape index (κ1) is 19.4. The second-order valence-electron chi connectivity index (χ2n) is 5.87. The third-order valence-electron chi connectivity index (χ3n) is 3.94. The third kappa shape index (κ3) is 4.69. The molecule has 2 aromatic carbocycles. The molecule has 0 fully saturated rings. The molecule has 0 radical (unpaired) electrons. The Morgan fingerprint density at radius 1 is 1.04 bits per heavy atom. The van der Waals surface area contributed by atoms with Crippen molar-refractivity contribution in [2.24, 2.45) is 0 Å². The van der Waals surface area contributed by atoms with Crippen LogP contribution in [-0.2, 0) is 11.3 Å². The van der Waals surface area contributed by atoms with E-state index in [1.165, 1.54) is 20.3 Å². The van der Waals surface area contributed by atoms with E-state index < -0.39 is 5.91 Å². The van der Waals surface area contributed by atoms with E-state index in [1.54, 1.807) is 48.5 Å². The smallest absolute Gasteiger partial charge is 0.267 e. The second-order valence-corrected chi connectivity index (χ2v) is 6.31. The van der Waals surface area contributed by atoms with Crippen molar-refractivity contribution in [1.82, 2.24) is 9.78 Å². The number of benzene rings is 2. The summed E-state index contributed by atoms with van der Waals surface area (Å²) < 4.78 is 11.5. The minimum atomic E-state index is -0.404. The number of rotatable bonds is 6.